The van der Waals surface area contributed by atoms with Gasteiger partial charge in [0.25, 0.3) is 0 Å². The van der Waals surface area contributed by atoms with Crippen molar-refractivity contribution < 1.29 is 9.90 Å². The maximum atomic E-state index is 10.4. The van der Waals surface area contributed by atoms with Crippen LogP contribution in [-0.4, -0.2) is 27.2 Å². The number of aliphatic carboxylic acids is 1. The third-order valence-corrected chi connectivity index (χ3v) is 2.11. The van der Waals surface area contributed by atoms with Gasteiger partial charge in [-0.05, 0) is 24.3 Å². The number of carboxylic acid groups (broad SMARTS) is 1. The highest BCUT2D eigenvalue weighted by Crippen LogP contribution is 2.12. The van der Waals surface area contributed by atoms with Gasteiger partial charge in [0.15, 0.2) is 0 Å². The molecule has 2 rings (SSSR count). The Morgan fingerprint density at radius 3 is 2.69 bits per heavy atom. The number of rotatable bonds is 4. The lowest BCUT2D eigenvalue weighted by molar-refractivity contribution is -0.134. The van der Waals surface area contributed by atoms with Gasteiger partial charge in [-0.15, -0.1) is 0 Å². The number of carbonyl (C=O) groups is 1. The molecule has 82 valence electrons. The summed E-state index contributed by atoms with van der Waals surface area (Å²) in [4.78, 5) is 14.3. The highest BCUT2D eigenvalue weighted by atomic mass is 16.4. The summed E-state index contributed by atoms with van der Waals surface area (Å²) in [5.74, 6) is -0.876. The smallest absolute Gasteiger partial charge is 0.322 e. The lowest BCUT2D eigenvalue weighted by Crippen LogP contribution is -2.12. The summed E-state index contributed by atoms with van der Waals surface area (Å²) in [5.41, 5.74) is 1.77. The van der Waals surface area contributed by atoms with Gasteiger partial charge in [-0.2, -0.15) is 0 Å². The van der Waals surface area contributed by atoms with Gasteiger partial charge in [0, 0.05) is 23.8 Å². The van der Waals surface area contributed by atoms with Gasteiger partial charge < -0.3 is 15.0 Å². The van der Waals surface area contributed by atoms with Crippen LogP contribution in [0.3, 0.4) is 0 Å². The minimum atomic E-state index is -0.876. The first-order valence-corrected chi connectivity index (χ1v) is 4.80. The number of hydrogen-bond acceptors (Lipinski definition) is 3. The maximum Gasteiger partial charge on any atom is 0.322 e. The van der Waals surface area contributed by atoms with E-state index in [1.54, 1.807) is 12.5 Å². The van der Waals surface area contributed by atoms with Crippen molar-refractivity contribution >= 4 is 11.7 Å². The molecule has 0 aliphatic heterocycles. The second-order valence-corrected chi connectivity index (χ2v) is 3.26. The standard InChI is InChI=1S/C11H11N3O2/c15-11(16)7-13-9-1-3-10(4-2-9)14-6-5-12-8-14/h1-6,8,13H,7H2,(H,15,16). The van der Waals surface area contributed by atoms with E-state index in [0.29, 0.717) is 0 Å². The van der Waals surface area contributed by atoms with Crippen molar-refractivity contribution in [2.45, 2.75) is 0 Å². The van der Waals surface area contributed by atoms with Crippen LogP contribution in [-0.2, 0) is 4.79 Å². The molecule has 2 aromatic rings. The molecular formula is C11H11N3O2. The molecule has 1 aromatic carbocycles. The fourth-order valence-electron chi connectivity index (χ4n) is 1.34. The molecule has 0 saturated carbocycles. The van der Waals surface area contributed by atoms with E-state index < -0.39 is 5.97 Å². The summed E-state index contributed by atoms with van der Waals surface area (Å²) < 4.78 is 1.88. The monoisotopic (exact) mass is 217 g/mol. The van der Waals surface area contributed by atoms with Crippen LogP contribution in [0.1, 0.15) is 0 Å². The molecule has 0 amide bonds. The van der Waals surface area contributed by atoms with E-state index in [0.717, 1.165) is 11.4 Å². The second-order valence-electron chi connectivity index (χ2n) is 3.26. The van der Waals surface area contributed by atoms with Crippen LogP contribution in [0.4, 0.5) is 5.69 Å². The maximum absolute atomic E-state index is 10.4. The number of carboxylic acids is 1. The molecule has 0 aliphatic carbocycles. The molecule has 1 heterocycles. The molecule has 5 nitrogen and oxygen atoms in total. The van der Waals surface area contributed by atoms with Crippen LogP contribution >= 0.6 is 0 Å². The van der Waals surface area contributed by atoms with Crippen molar-refractivity contribution in [3.63, 3.8) is 0 Å². The third kappa shape index (κ3) is 2.38. The van der Waals surface area contributed by atoms with E-state index >= 15 is 0 Å². The number of imidazole rings is 1. The first kappa shape index (κ1) is 10.2. The van der Waals surface area contributed by atoms with Crippen LogP contribution in [0, 0.1) is 0 Å². The highest BCUT2D eigenvalue weighted by molar-refractivity contribution is 5.72. The molecule has 5 heteroatoms. The quantitative estimate of drug-likeness (QED) is 0.811. The van der Waals surface area contributed by atoms with Crippen LogP contribution in [0.2, 0.25) is 0 Å². The van der Waals surface area contributed by atoms with Gasteiger partial charge in [-0.1, -0.05) is 0 Å². The molecule has 0 fully saturated rings. The molecule has 1 aromatic heterocycles. The zero-order valence-corrected chi connectivity index (χ0v) is 8.50. The molecule has 0 aliphatic rings. The summed E-state index contributed by atoms with van der Waals surface area (Å²) in [6.07, 6.45) is 5.26. The Kier molecular flexibility index (Phi) is 2.86. The predicted octanol–water partition coefficient (Wildman–Crippen LogP) is 1.37. The summed E-state index contributed by atoms with van der Waals surface area (Å²) in [6, 6.07) is 7.45. The number of nitrogens with one attached hydrogen (secondary N) is 1. The second kappa shape index (κ2) is 4.48. The Hall–Kier alpha value is -2.30. The van der Waals surface area contributed by atoms with Gasteiger partial charge in [0.05, 0.1) is 6.33 Å². The first-order chi connectivity index (χ1) is 7.75. The molecule has 0 unspecified atom stereocenters. The lowest BCUT2D eigenvalue weighted by Gasteiger charge is -2.05. The number of nitrogens with zero attached hydrogens (tertiary/aromatic N) is 2. The van der Waals surface area contributed by atoms with Gasteiger partial charge >= 0.3 is 5.97 Å². The Morgan fingerprint density at radius 1 is 1.38 bits per heavy atom. The van der Waals surface area contributed by atoms with E-state index in [-0.39, 0.29) is 6.54 Å². The van der Waals surface area contributed by atoms with Gasteiger partial charge in [-0.25, -0.2) is 4.98 Å². The van der Waals surface area contributed by atoms with E-state index in [9.17, 15) is 4.79 Å². The van der Waals surface area contributed by atoms with Crippen molar-refractivity contribution in [1.29, 1.82) is 0 Å². The van der Waals surface area contributed by atoms with E-state index in [2.05, 4.69) is 10.3 Å². The van der Waals surface area contributed by atoms with Crippen LogP contribution in [0.25, 0.3) is 5.69 Å². The van der Waals surface area contributed by atoms with E-state index in [1.165, 1.54) is 0 Å². The topological polar surface area (TPSA) is 67.2 Å². The zero-order valence-electron chi connectivity index (χ0n) is 8.50. The summed E-state index contributed by atoms with van der Waals surface area (Å²) in [6.45, 7) is -0.0789. The third-order valence-electron chi connectivity index (χ3n) is 2.11. The van der Waals surface area contributed by atoms with Crippen molar-refractivity contribution in [2.24, 2.45) is 0 Å². The minimum Gasteiger partial charge on any atom is -0.480 e. The van der Waals surface area contributed by atoms with Crippen molar-refractivity contribution in [2.75, 3.05) is 11.9 Å². The molecule has 16 heavy (non-hydrogen) atoms. The largest absolute Gasteiger partial charge is 0.480 e. The summed E-state index contributed by atoms with van der Waals surface area (Å²) >= 11 is 0. The van der Waals surface area contributed by atoms with E-state index in [1.807, 2.05) is 35.0 Å². The predicted molar refractivity (Wildman–Crippen MR) is 59.7 cm³/mol. The highest BCUT2D eigenvalue weighted by Gasteiger charge is 1.98. The number of anilines is 1. The molecule has 0 atom stereocenters. The number of aromatic nitrogens is 2. The number of benzene rings is 1. The van der Waals surface area contributed by atoms with Crippen molar-refractivity contribution in [3.05, 3.63) is 43.0 Å². The Bertz CT molecular complexity index is 462. The van der Waals surface area contributed by atoms with Gasteiger partial charge in [-0.3, -0.25) is 4.79 Å². The van der Waals surface area contributed by atoms with Crippen molar-refractivity contribution in [1.82, 2.24) is 9.55 Å². The average molecular weight is 217 g/mol. The molecular weight excluding hydrogens is 206 g/mol. The molecule has 0 spiro atoms. The molecule has 2 N–H and O–H groups in total. The van der Waals surface area contributed by atoms with Gasteiger partial charge in [0.2, 0.25) is 0 Å². The Morgan fingerprint density at radius 2 is 2.12 bits per heavy atom. The summed E-state index contributed by atoms with van der Waals surface area (Å²) in [7, 11) is 0. The average Bonchev–Trinajstić information content (AvgIpc) is 2.80. The lowest BCUT2D eigenvalue weighted by atomic mass is 10.3. The molecule has 0 bridgehead atoms. The SMILES string of the molecule is O=C(O)CNc1ccc(-n2ccnc2)cc1. The Labute approximate surface area is 92.4 Å². The fourth-order valence-corrected chi connectivity index (χ4v) is 1.34. The van der Waals surface area contributed by atoms with E-state index in [4.69, 9.17) is 5.11 Å². The van der Waals surface area contributed by atoms with Crippen LogP contribution in [0.15, 0.2) is 43.0 Å². The number of hydrogen-bond donors (Lipinski definition) is 2. The minimum absolute atomic E-state index is 0.0789. The fraction of sp³-hybridized carbons (Fsp3) is 0.0909. The molecule has 0 radical (unpaired) electrons. The zero-order chi connectivity index (χ0) is 11.4. The first-order valence-electron chi connectivity index (χ1n) is 4.80. The van der Waals surface area contributed by atoms with Crippen molar-refractivity contribution in [3.8, 4) is 5.69 Å². The van der Waals surface area contributed by atoms with Crippen LogP contribution in [0.5, 0.6) is 0 Å². The van der Waals surface area contributed by atoms with Gasteiger partial charge in [0.1, 0.15) is 6.54 Å². The normalized spacial score (nSPS) is 10.0. The Balaban J connectivity index is 2.08. The van der Waals surface area contributed by atoms with Crippen LogP contribution < -0.4 is 5.32 Å². The molecule has 0 saturated heterocycles. The summed E-state index contributed by atoms with van der Waals surface area (Å²) in [5, 5.41) is 11.3.